The van der Waals surface area contributed by atoms with Gasteiger partial charge < -0.3 is 15.4 Å². The number of nitrogens with zero attached hydrogens (tertiary/aromatic N) is 1. The van der Waals surface area contributed by atoms with Crippen molar-refractivity contribution in [2.24, 2.45) is 5.92 Å². The van der Waals surface area contributed by atoms with Crippen LogP contribution in [-0.2, 0) is 14.8 Å². The van der Waals surface area contributed by atoms with Gasteiger partial charge in [0.15, 0.2) is 0 Å². The van der Waals surface area contributed by atoms with Crippen molar-refractivity contribution in [1.29, 1.82) is 0 Å². The Morgan fingerprint density at radius 3 is 2.92 bits per heavy atom. The highest BCUT2D eigenvalue weighted by molar-refractivity contribution is 7.90. The van der Waals surface area contributed by atoms with Crippen LogP contribution in [0, 0.1) is 5.92 Å². The number of benzene rings is 1. The van der Waals surface area contributed by atoms with Gasteiger partial charge >= 0.3 is 0 Å². The minimum Gasteiger partial charge on any atom is -0.383 e. The molecule has 1 saturated heterocycles. The Kier molecular flexibility index (Phi) is 5.59. The van der Waals surface area contributed by atoms with Gasteiger partial charge in [-0.25, -0.2) is 12.7 Å². The molecule has 2 N–H and O–H groups in total. The molecule has 0 aromatic heterocycles. The van der Waals surface area contributed by atoms with Crippen LogP contribution >= 0.6 is 0 Å². The molecule has 2 aliphatic heterocycles. The fourth-order valence-corrected chi connectivity index (χ4v) is 4.84. The maximum Gasteiger partial charge on any atom is 0.269 e. The van der Waals surface area contributed by atoms with Crippen molar-refractivity contribution in [3.63, 3.8) is 0 Å². The van der Waals surface area contributed by atoms with Crippen LogP contribution in [0.3, 0.4) is 0 Å². The first-order valence-corrected chi connectivity index (χ1v) is 10.1. The second-order valence-electron chi connectivity index (χ2n) is 6.49. The van der Waals surface area contributed by atoms with Crippen LogP contribution in [0.25, 0.3) is 0 Å². The third-order valence-corrected chi connectivity index (χ3v) is 6.59. The minimum absolute atomic E-state index is 0.0523. The summed E-state index contributed by atoms with van der Waals surface area (Å²) in [5.74, 6) is -0.364. The molecule has 1 atom stereocenters. The topological polar surface area (TPSA) is 105 Å². The highest BCUT2D eigenvalue weighted by Gasteiger charge is 2.41. The lowest BCUT2D eigenvalue weighted by Crippen LogP contribution is -2.33. The molecule has 3 rings (SSSR count). The zero-order valence-electron chi connectivity index (χ0n) is 14.7. The number of carbonyl (C=O) groups is 2. The molecule has 2 heterocycles. The Bertz CT molecular complexity index is 803. The van der Waals surface area contributed by atoms with Crippen molar-refractivity contribution in [2.75, 3.05) is 39.9 Å². The lowest BCUT2D eigenvalue weighted by Gasteiger charge is -2.13. The summed E-state index contributed by atoms with van der Waals surface area (Å²) in [7, 11) is -2.51. The molecule has 2 amide bonds. The van der Waals surface area contributed by atoms with E-state index in [1.54, 1.807) is 0 Å². The lowest BCUT2D eigenvalue weighted by atomic mass is 10.1. The van der Waals surface area contributed by atoms with Crippen LogP contribution in [-0.4, -0.2) is 64.4 Å². The summed E-state index contributed by atoms with van der Waals surface area (Å²) in [6.45, 7) is 2.57. The van der Waals surface area contributed by atoms with Crippen molar-refractivity contribution in [3.8, 4) is 0 Å². The summed E-state index contributed by atoms with van der Waals surface area (Å²) >= 11 is 0. The Morgan fingerprint density at radius 1 is 1.42 bits per heavy atom. The number of nitrogens with one attached hydrogen (secondary N) is 2. The number of ether oxygens (including phenoxy) is 1. The Hall–Kier alpha value is -1.97. The van der Waals surface area contributed by atoms with Crippen LogP contribution in [0.5, 0.6) is 0 Å². The van der Waals surface area contributed by atoms with Gasteiger partial charge in [0.25, 0.3) is 21.8 Å². The van der Waals surface area contributed by atoms with Gasteiger partial charge in [0.05, 0.1) is 18.7 Å². The molecule has 1 fully saturated rings. The Morgan fingerprint density at radius 2 is 2.23 bits per heavy atom. The van der Waals surface area contributed by atoms with Crippen LogP contribution in [0.1, 0.15) is 33.6 Å². The van der Waals surface area contributed by atoms with Gasteiger partial charge in [0, 0.05) is 19.2 Å². The largest absolute Gasteiger partial charge is 0.383 e. The average molecular weight is 381 g/mol. The molecule has 26 heavy (non-hydrogen) atoms. The molecule has 0 bridgehead atoms. The first kappa shape index (κ1) is 18.8. The predicted octanol–water partition coefficient (Wildman–Crippen LogP) is 0.207. The third kappa shape index (κ3) is 3.60. The molecule has 1 aromatic carbocycles. The number of hydrogen-bond donors (Lipinski definition) is 2. The molecular formula is C17H23N3O5S. The van der Waals surface area contributed by atoms with Crippen LogP contribution < -0.4 is 10.6 Å². The van der Waals surface area contributed by atoms with E-state index in [1.165, 1.54) is 25.3 Å². The van der Waals surface area contributed by atoms with Crippen molar-refractivity contribution >= 4 is 21.8 Å². The normalized spacial score (nSPS) is 21.0. The number of amides is 2. The smallest absolute Gasteiger partial charge is 0.269 e. The van der Waals surface area contributed by atoms with E-state index in [9.17, 15) is 18.0 Å². The minimum atomic E-state index is -3.94. The van der Waals surface area contributed by atoms with E-state index >= 15 is 0 Å². The molecule has 9 heteroatoms. The summed E-state index contributed by atoms with van der Waals surface area (Å²) in [6, 6.07) is 4.16. The molecule has 0 saturated carbocycles. The summed E-state index contributed by atoms with van der Waals surface area (Å²) in [5.41, 5.74) is 0.327. The van der Waals surface area contributed by atoms with Crippen molar-refractivity contribution in [2.45, 2.75) is 17.7 Å². The molecule has 0 aliphatic carbocycles. The SMILES string of the molecule is COCCN1C(=O)c2ccc(C(=O)NCCC3CCNC3)cc2S1(=O)=O. The highest BCUT2D eigenvalue weighted by Crippen LogP contribution is 2.30. The Labute approximate surface area is 152 Å². The van der Waals surface area contributed by atoms with Gasteiger partial charge in [-0.2, -0.15) is 0 Å². The van der Waals surface area contributed by atoms with Gasteiger partial charge in [0.2, 0.25) is 0 Å². The van der Waals surface area contributed by atoms with E-state index in [1.807, 2.05) is 0 Å². The molecule has 8 nitrogen and oxygen atoms in total. The zero-order valence-corrected chi connectivity index (χ0v) is 15.5. The summed E-state index contributed by atoms with van der Waals surface area (Å²) in [5, 5.41) is 6.10. The van der Waals surface area contributed by atoms with Crippen LogP contribution in [0.15, 0.2) is 23.1 Å². The number of fused-ring (bicyclic) bond motifs is 1. The average Bonchev–Trinajstić information content (AvgIpc) is 3.20. The maximum absolute atomic E-state index is 12.6. The van der Waals surface area contributed by atoms with Gasteiger partial charge in [-0.1, -0.05) is 0 Å². The van der Waals surface area contributed by atoms with Crippen LogP contribution in [0.4, 0.5) is 0 Å². The number of carbonyl (C=O) groups excluding carboxylic acids is 2. The van der Waals surface area contributed by atoms with Crippen molar-refractivity contribution in [1.82, 2.24) is 14.9 Å². The second kappa shape index (κ2) is 7.73. The standard InChI is InChI=1S/C17H23N3O5S/c1-25-9-8-20-17(22)14-3-2-13(10-15(14)26(20,23)24)16(21)19-7-5-12-4-6-18-11-12/h2-3,10,12,18H,4-9,11H2,1H3,(H,19,21). The third-order valence-electron chi connectivity index (χ3n) is 4.77. The zero-order chi connectivity index (χ0) is 18.7. The van der Waals surface area contributed by atoms with Gasteiger partial charge in [-0.05, 0) is 50.0 Å². The summed E-state index contributed by atoms with van der Waals surface area (Å²) in [4.78, 5) is 24.5. The van der Waals surface area contributed by atoms with Gasteiger partial charge in [-0.3, -0.25) is 9.59 Å². The molecule has 1 unspecified atom stereocenters. The van der Waals surface area contributed by atoms with E-state index in [2.05, 4.69) is 10.6 Å². The number of rotatable bonds is 7. The fourth-order valence-electron chi connectivity index (χ4n) is 3.26. The summed E-state index contributed by atoms with van der Waals surface area (Å²) in [6.07, 6.45) is 1.98. The molecule has 1 aromatic rings. The predicted molar refractivity (Wildman–Crippen MR) is 94.5 cm³/mol. The number of methoxy groups -OCH3 is 1. The molecular weight excluding hydrogens is 358 g/mol. The van der Waals surface area contributed by atoms with Gasteiger partial charge in [0.1, 0.15) is 4.90 Å². The van der Waals surface area contributed by atoms with E-state index in [0.29, 0.717) is 12.5 Å². The van der Waals surface area contributed by atoms with E-state index in [0.717, 1.165) is 30.2 Å². The quantitative estimate of drug-likeness (QED) is 0.699. The van der Waals surface area contributed by atoms with Gasteiger partial charge in [-0.15, -0.1) is 0 Å². The Balaban J connectivity index is 1.71. The summed E-state index contributed by atoms with van der Waals surface area (Å²) < 4.78 is 30.8. The number of hydrogen-bond acceptors (Lipinski definition) is 6. The lowest BCUT2D eigenvalue weighted by molar-refractivity contribution is 0.0835. The van der Waals surface area contributed by atoms with Crippen molar-refractivity contribution in [3.05, 3.63) is 29.3 Å². The second-order valence-corrected chi connectivity index (χ2v) is 8.32. The fraction of sp³-hybridized carbons (Fsp3) is 0.529. The molecule has 0 spiro atoms. The van der Waals surface area contributed by atoms with E-state index < -0.39 is 15.9 Å². The first-order valence-electron chi connectivity index (χ1n) is 8.64. The van der Waals surface area contributed by atoms with Crippen molar-refractivity contribution < 1.29 is 22.7 Å². The van der Waals surface area contributed by atoms with Crippen LogP contribution in [0.2, 0.25) is 0 Å². The maximum atomic E-state index is 12.6. The first-order chi connectivity index (χ1) is 12.4. The molecule has 142 valence electrons. The molecule has 2 aliphatic rings. The number of sulfonamides is 1. The monoisotopic (exact) mass is 381 g/mol. The highest BCUT2D eigenvalue weighted by atomic mass is 32.2. The molecule has 0 radical (unpaired) electrons. The van der Waals surface area contributed by atoms with E-state index in [4.69, 9.17) is 4.74 Å². The van der Waals surface area contributed by atoms with E-state index in [-0.39, 0.29) is 35.1 Å².